The second-order valence-corrected chi connectivity index (χ2v) is 6.72. The van der Waals surface area contributed by atoms with Crippen molar-refractivity contribution in [3.05, 3.63) is 29.8 Å². The van der Waals surface area contributed by atoms with E-state index in [0.29, 0.717) is 12.6 Å². The van der Waals surface area contributed by atoms with Crippen LogP contribution in [0.25, 0.3) is 0 Å². The first-order valence-corrected chi connectivity index (χ1v) is 7.01. The Morgan fingerprint density at radius 2 is 1.74 bits per heavy atom. The number of aliphatic hydroxyl groups is 1. The fourth-order valence-corrected chi connectivity index (χ4v) is 1.81. The molecule has 106 valence electrons. The lowest BCUT2D eigenvalue weighted by atomic mass is 9.94. The van der Waals surface area contributed by atoms with Crippen LogP contribution < -0.4 is 10.1 Å². The van der Waals surface area contributed by atoms with Crippen molar-refractivity contribution in [1.82, 2.24) is 5.32 Å². The van der Waals surface area contributed by atoms with Crippen molar-refractivity contribution in [3.63, 3.8) is 0 Å². The molecule has 19 heavy (non-hydrogen) atoms. The van der Waals surface area contributed by atoms with Gasteiger partial charge < -0.3 is 15.2 Å². The van der Waals surface area contributed by atoms with E-state index in [4.69, 9.17) is 4.74 Å². The normalized spacial score (nSPS) is 19.0. The van der Waals surface area contributed by atoms with Crippen LogP contribution >= 0.6 is 0 Å². The molecule has 0 saturated heterocycles. The predicted molar refractivity (Wildman–Crippen MR) is 77.4 cm³/mol. The monoisotopic (exact) mass is 263 g/mol. The summed E-state index contributed by atoms with van der Waals surface area (Å²) in [5.74, 6) is 0.894. The largest absolute Gasteiger partial charge is 0.490 e. The first-order chi connectivity index (χ1) is 8.76. The molecule has 1 aromatic rings. The third kappa shape index (κ3) is 4.51. The summed E-state index contributed by atoms with van der Waals surface area (Å²) >= 11 is 0. The molecule has 3 heteroatoms. The van der Waals surface area contributed by atoms with E-state index in [1.807, 2.05) is 31.2 Å². The molecule has 1 aromatic carbocycles. The average molecular weight is 263 g/mol. The van der Waals surface area contributed by atoms with Gasteiger partial charge in [0, 0.05) is 12.1 Å². The van der Waals surface area contributed by atoms with Gasteiger partial charge in [0.15, 0.2) is 0 Å². The Bertz CT molecular complexity index is 413. The number of hydrogen-bond acceptors (Lipinski definition) is 3. The van der Waals surface area contributed by atoms with Crippen LogP contribution in [0.3, 0.4) is 0 Å². The minimum atomic E-state index is -0.870. The van der Waals surface area contributed by atoms with Crippen LogP contribution in [0.5, 0.6) is 5.75 Å². The van der Waals surface area contributed by atoms with Crippen LogP contribution in [-0.2, 0) is 5.60 Å². The van der Waals surface area contributed by atoms with Gasteiger partial charge in [-0.05, 0) is 58.2 Å². The Hall–Kier alpha value is -1.06. The Kier molecular flexibility index (Phi) is 3.88. The Morgan fingerprint density at radius 3 is 2.21 bits per heavy atom. The van der Waals surface area contributed by atoms with E-state index >= 15 is 0 Å². The standard InChI is InChI=1S/C16H25NO2/c1-15(2,3)17-11-16(4,18)12-5-7-13(8-6-12)19-14-9-10-14/h5-8,14,17-18H,9-11H2,1-4H3. The summed E-state index contributed by atoms with van der Waals surface area (Å²) < 4.78 is 5.71. The fourth-order valence-electron chi connectivity index (χ4n) is 1.81. The van der Waals surface area contributed by atoms with Crippen molar-refractivity contribution < 1.29 is 9.84 Å². The molecular weight excluding hydrogens is 238 g/mol. The number of nitrogens with one attached hydrogen (secondary N) is 1. The van der Waals surface area contributed by atoms with Gasteiger partial charge in [-0.3, -0.25) is 0 Å². The van der Waals surface area contributed by atoms with Crippen LogP contribution in [-0.4, -0.2) is 23.3 Å². The van der Waals surface area contributed by atoms with Crippen molar-refractivity contribution in [1.29, 1.82) is 0 Å². The first kappa shape index (κ1) is 14.4. The third-order valence-corrected chi connectivity index (χ3v) is 3.27. The second-order valence-electron chi connectivity index (χ2n) is 6.72. The average Bonchev–Trinajstić information content (AvgIpc) is 3.11. The zero-order valence-electron chi connectivity index (χ0n) is 12.4. The van der Waals surface area contributed by atoms with E-state index in [1.54, 1.807) is 0 Å². The topological polar surface area (TPSA) is 41.5 Å². The van der Waals surface area contributed by atoms with E-state index in [9.17, 15) is 5.11 Å². The van der Waals surface area contributed by atoms with Gasteiger partial charge in [0.1, 0.15) is 5.75 Å². The second kappa shape index (κ2) is 5.14. The lowest BCUT2D eigenvalue weighted by molar-refractivity contribution is 0.0501. The maximum atomic E-state index is 10.5. The van der Waals surface area contributed by atoms with Crippen LogP contribution in [0.1, 0.15) is 46.1 Å². The number of benzene rings is 1. The summed E-state index contributed by atoms with van der Waals surface area (Å²) in [6.07, 6.45) is 2.73. The van der Waals surface area contributed by atoms with Gasteiger partial charge in [0.25, 0.3) is 0 Å². The molecule has 0 amide bonds. The van der Waals surface area contributed by atoms with Gasteiger partial charge in [-0.2, -0.15) is 0 Å². The van der Waals surface area contributed by atoms with Crippen molar-refractivity contribution in [3.8, 4) is 5.75 Å². The van der Waals surface area contributed by atoms with E-state index < -0.39 is 5.60 Å². The number of rotatable bonds is 5. The maximum Gasteiger partial charge on any atom is 0.119 e. The Morgan fingerprint density at radius 1 is 1.16 bits per heavy atom. The van der Waals surface area contributed by atoms with Gasteiger partial charge in [-0.15, -0.1) is 0 Å². The molecule has 0 spiro atoms. The molecule has 0 heterocycles. The molecule has 0 aliphatic heterocycles. The smallest absolute Gasteiger partial charge is 0.119 e. The SMILES string of the molecule is CC(C)(C)NCC(C)(O)c1ccc(OC2CC2)cc1. The molecular formula is C16H25NO2. The molecule has 1 aliphatic carbocycles. The summed E-state index contributed by atoms with van der Waals surface area (Å²) in [7, 11) is 0. The molecule has 2 N–H and O–H groups in total. The minimum absolute atomic E-state index is 0.000977. The van der Waals surface area contributed by atoms with Crippen molar-refractivity contribution in [2.45, 2.75) is 57.8 Å². The summed E-state index contributed by atoms with van der Waals surface area (Å²) in [4.78, 5) is 0. The van der Waals surface area contributed by atoms with Gasteiger partial charge in [0.2, 0.25) is 0 Å². The highest BCUT2D eigenvalue weighted by atomic mass is 16.5. The van der Waals surface area contributed by atoms with E-state index in [2.05, 4.69) is 26.1 Å². The quantitative estimate of drug-likeness (QED) is 0.858. The Balaban J connectivity index is 1.98. The van der Waals surface area contributed by atoms with Crippen LogP contribution in [0.15, 0.2) is 24.3 Å². The summed E-state index contributed by atoms with van der Waals surface area (Å²) in [5, 5.41) is 13.9. The predicted octanol–water partition coefficient (Wildman–Crippen LogP) is 2.82. The molecule has 0 aromatic heterocycles. The zero-order chi connectivity index (χ0) is 14.1. The third-order valence-electron chi connectivity index (χ3n) is 3.27. The molecule has 1 saturated carbocycles. The van der Waals surface area contributed by atoms with Crippen LogP contribution in [0, 0.1) is 0 Å². The molecule has 1 unspecified atom stereocenters. The maximum absolute atomic E-state index is 10.5. The highest BCUT2D eigenvalue weighted by Gasteiger charge is 2.26. The van der Waals surface area contributed by atoms with E-state index in [-0.39, 0.29) is 5.54 Å². The van der Waals surface area contributed by atoms with Crippen molar-refractivity contribution >= 4 is 0 Å². The molecule has 2 rings (SSSR count). The summed E-state index contributed by atoms with van der Waals surface area (Å²) in [6, 6.07) is 7.78. The molecule has 0 bridgehead atoms. The molecule has 1 aliphatic rings. The molecule has 1 atom stereocenters. The summed E-state index contributed by atoms with van der Waals surface area (Å²) in [6.45, 7) is 8.64. The van der Waals surface area contributed by atoms with Gasteiger partial charge in [-0.1, -0.05) is 12.1 Å². The highest BCUT2D eigenvalue weighted by molar-refractivity contribution is 5.31. The van der Waals surface area contributed by atoms with Gasteiger partial charge in [-0.25, -0.2) is 0 Å². The summed E-state index contributed by atoms with van der Waals surface area (Å²) in [5.41, 5.74) is 0.0390. The minimum Gasteiger partial charge on any atom is -0.490 e. The molecule has 3 nitrogen and oxygen atoms in total. The number of hydrogen-bond donors (Lipinski definition) is 2. The van der Waals surface area contributed by atoms with E-state index in [0.717, 1.165) is 24.2 Å². The molecule has 0 radical (unpaired) electrons. The van der Waals surface area contributed by atoms with Gasteiger partial charge in [0.05, 0.1) is 11.7 Å². The lowest BCUT2D eigenvalue weighted by Crippen LogP contribution is -2.44. The van der Waals surface area contributed by atoms with Crippen molar-refractivity contribution in [2.24, 2.45) is 0 Å². The first-order valence-electron chi connectivity index (χ1n) is 7.01. The number of ether oxygens (including phenoxy) is 1. The Labute approximate surface area is 116 Å². The van der Waals surface area contributed by atoms with Crippen LogP contribution in [0.2, 0.25) is 0 Å². The van der Waals surface area contributed by atoms with Gasteiger partial charge >= 0.3 is 0 Å². The number of β-amino-alcohol motifs (C(OH)–C–C–N with tert-alkyl or cyclic N) is 1. The van der Waals surface area contributed by atoms with Crippen LogP contribution in [0.4, 0.5) is 0 Å². The highest BCUT2D eigenvalue weighted by Crippen LogP contribution is 2.28. The molecule has 1 fully saturated rings. The fraction of sp³-hybridized carbons (Fsp3) is 0.625. The van der Waals surface area contributed by atoms with Crippen molar-refractivity contribution in [2.75, 3.05) is 6.54 Å². The van der Waals surface area contributed by atoms with E-state index in [1.165, 1.54) is 0 Å². The zero-order valence-corrected chi connectivity index (χ0v) is 12.4. The lowest BCUT2D eigenvalue weighted by Gasteiger charge is -2.30.